The van der Waals surface area contributed by atoms with Crippen molar-refractivity contribution in [2.45, 2.75) is 20.3 Å². The zero-order valence-electron chi connectivity index (χ0n) is 6.37. The largest absolute Gasteiger partial charge is 0.207 e. The lowest BCUT2D eigenvalue weighted by Crippen LogP contribution is -1.94. The lowest BCUT2D eigenvalue weighted by molar-refractivity contribution is 0.647. The van der Waals surface area contributed by atoms with Gasteiger partial charge in [-0.15, -0.1) is 0 Å². The maximum atomic E-state index is 12.8. The molecule has 0 aromatic rings. The van der Waals surface area contributed by atoms with Gasteiger partial charge in [0.05, 0.1) is 0 Å². The van der Waals surface area contributed by atoms with Gasteiger partial charge in [-0.05, 0) is 37.5 Å². The van der Waals surface area contributed by atoms with E-state index in [1.165, 1.54) is 0 Å². The summed E-state index contributed by atoms with van der Waals surface area (Å²) < 4.78 is 12.8. The first-order chi connectivity index (χ1) is 4.61. The van der Waals surface area contributed by atoms with Gasteiger partial charge in [-0.25, -0.2) is 4.39 Å². The Labute approximate surface area is 60.7 Å². The van der Waals surface area contributed by atoms with Gasteiger partial charge in [0.2, 0.25) is 0 Å². The molecule has 0 aromatic carbocycles. The highest BCUT2D eigenvalue weighted by molar-refractivity contribution is 5.42. The summed E-state index contributed by atoms with van der Waals surface area (Å²) in [6.07, 6.45) is 2.39. The Morgan fingerprint density at radius 1 is 1.50 bits per heavy atom. The fourth-order valence-electron chi connectivity index (χ4n) is 1.01. The van der Waals surface area contributed by atoms with Gasteiger partial charge in [-0.1, -0.05) is 12.2 Å². The SMILES string of the molecule is C=C1CC(C)=CC(F)=C1C. The average Bonchev–Trinajstić information content (AvgIpc) is 1.82. The minimum absolute atomic E-state index is 0.131. The van der Waals surface area contributed by atoms with Crippen LogP contribution in [0.4, 0.5) is 4.39 Å². The second-order valence-electron chi connectivity index (χ2n) is 2.74. The third-order valence-electron chi connectivity index (χ3n) is 1.75. The molecule has 1 aliphatic carbocycles. The van der Waals surface area contributed by atoms with Crippen molar-refractivity contribution in [3.8, 4) is 0 Å². The smallest absolute Gasteiger partial charge is 0.126 e. The van der Waals surface area contributed by atoms with Gasteiger partial charge in [-0.2, -0.15) is 0 Å². The molecule has 0 unspecified atom stereocenters. The zero-order valence-corrected chi connectivity index (χ0v) is 6.37. The van der Waals surface area contributed by atoms with Crippen molar-refractivity contribution in [3.05, 3.63) is 35.2 Å². The van der Waals surface area contributed by atoms with Crippen LogP contribution in [0.2, 0.25) is 0 Å². The van der Waals surface area contributed by atoms with Crippen molar-refractivity contribution in [2.24, 2.45) is 0 Å². The van der Waals surface area contributed by atoms with Crippen LogP contribution in [0.3, 0.4) is 0 Å². The molecule has 0 atom stereocenters. The van der Waals surface area contributed by atoms with E-state index in [4.69, 9.17) is 0 Å². The van der Waals surface area contributed by atoms with E-state index >= 15 is 0 Å². The Bertz CT molecular complexity index is 231. The second kappa shape index (κ2) is 2.41. The number of halogens is 1. The molecule has 0 radical (unpaired) electrons. The Kier molecular flexibility index (Phi) is 1.75. The zero-order chi connectivity index (χ0) is 7.72. The van der Waals surface area contributed by atoms with Crippen LogP contribution in [0, 0.1) is 0 Å². The molecule has 0 amide bonds. The molecule has 54 valence electrons. The van der Waals surface area contributed by atoms with Crippen LogP contribution >= 0.6 is 0 Å². The summed E-state index contributed by atoms with van der Waals surface area (Å²) in [5.74, 6) is -0.131. The van der Waals surface area contributed by atoms with Crippen molar-refractivity contribution in [3.63, 3.8) is 0 Å². The first-order valence-electron chi connectivity index (χ1n) is 3.33. The summed E-state index contributed by atoms with van der Waals surface area (Å²) in [4.78, 5) is 0. The third kappa shape index (κ3) is 1.18. The minimum Gasteiger partial charge on any atom is -0.207 e. The normalized spacial score (nSPS) is 19.5. The Morgan fingerprint density at radius 3 is 2.60 bits per heavy atom. The van der Waals surface area contributed by atoms with Gasteiger partial charge in [-0.3, -0.25) is 0 Å². The van der Waals surface area contributed by atoms with E-state index in [9.17, 15) is 4.39 Å². The summed E-state index contributed by atoms with van der Waals surface area (Å²) in [6, 6.07) is 0. The lowest BCUT2D eigenvalue weighted by Gasteiger charge is -2.12. The molecule has 0 bridgehead atoms. The molecule has 0 nitrogen and oxygen atoms in total. The summed E-state index contributed by atoms with van der Waals surface area (Å²) in [5, 5.41) is 0. The summed E-state index contributed by atoms with van der Waals surface area (Å²) >= 11 is 0. The number of hydrogen-bond donors (Lipinski definition) is 0. The number of rotatable bonds is 0. The molecule has 0 aromatic heterocycles. The topological polar surface area (TPSA) is 0 Å². The molecule has 10 heavy (non-hydrogen) atoms. The molecule has 0 fully saturated rings. The molecule has 0 N–H and O–H groups in total. The number of hydrogen-bond acceptors (Lipinski definition) is 0. The van der Waals surface area contributed by atoms with Gasteiger partial charge in [0, 0.05) is 0 Å². The van der Waals surface area contributed by atoms with Gasteiger partial charge in [0.15, 0.2) is 0 Å². The molecule has 1 aliphatic rings. The highest BCUT2D eigenvalue weighted by atomic mass is 19.1. The molecular weight excluding hydrogens is 127 g/mol. The first kappa shape index (κ1) is 7.26. The summed E-state index contributed by atoms with van der Waals surface area (Å²) in [5.41, 5.74) is 2.65. The van der Waals surface area contributed by atoms with Gasteiger partial charge >= 0.3 is 0 Å². The van der Waals surface area contributed by atoms with Crippen molar-refractivity contribution in [2.75, 3.05) is 0 Å². The Morgan fingerprint density at radius 2 is 2.10 bits per heavy atom. The quantitative estimate of drug-likeness (QED) is 0.482. The van der Waals surface area contributed by atoms with E-state index < -0.39 is 0 Å². The second-order valence-corrected chi connectivity index (χ2v) is 2.74. The molecule has 0 heterocycles. The maximum Gasteiger partial charge on any atom is 0.126 e. The van der Waals surface area contributed by atoms with Gasteiger partial charge in [0.25, 0.3) is 0 Å². The van der Waals surface area contributed by atoms with Crippen LogP contribution in [0.15, 0.2) is 35.2 Å². The predicted octanol–water partition coefficient (Wildman–Crippen LogP) is 3.14. The fraction of sp³-hybridized carbons (Fsp3) is 0.333. The van der Waals surface area contributed by atoms with Crippen LogP contribution in [0.1, 0.15) is 20.3 Å². The molecule has 0 spiro atoms. The van der Waals surface area contributed by atoms with E-state index in [0.29, 0.717) is 5.57 Å². The van der Waals surface area contributed by atoms with Crippen molar-refractivity contribution in [1.29, 1.82) is 0 Å². The van der Waals surface area contributed by atoms with Crippen molar-refractivity contribution in [1.82, 2.24) is 0 Å². The van der Waals surface area contributed by atoms with Crippen molar-refractivity contribution < 1.29 is 4.39 Å². The molecule has 1 heteroatoms. The number of allylic oxidation sites excluding steroid dienone is 5. The summed E-state index contributed by atoms with van der Waals surface area (Å²) in [6.45, 7) is 7.44. The van der Waals surface area contributed by atoms with Crippen LogP contribution < -0.4 is 0 Å². The lowest BCUT2D eigenvalue weighted by atomic mass is 9.95. The van der Waals surface area contributed by atoms with E-state index in [1.54, 1.807) is 13.0 Å². The van der Waals surface area contributed by atoms with Gasteiger partial charge < -0.3 is 0 Å². The predicted molar refractivity (Wildman–Crippen MR) is 41.3 cm³/mol. The van der Waals surface area contributed by atoms with E-state index in [-0.39, 0.29) is 5.83 Å². The van der Waals surface area contributed by atoms with Gasteiger partial charge in [0.1, 0.15) is 5.83 Å². The monoisotopic (exact) mass is 138 g/mol. The van der Waals surface area contributed by atoms with Crippen LogP contribution in [-0.2, 0) is 0 Å². The van der Waals surface area contributed by atoms with Crippen LogP contribution in [0.25, 0.3) is 0 Å². The molecular formula is C9H11F. The minimum atomic E-state index is -0.131. The standard InChI is InChI=1S/C9H11F/c1-6-4-7(2)8(3)9(10)5-6/h5H,2,4H2,1,3H3. The fourth-order valence-corrected chi connectivity index (χ4v) is 1.01. The Hall–Kier alpha value is -0.850. The highest BCUT2D eigenvalue weighted by Gasteiger charge is 2.09. The van der Waals surface area contributed by atoms with E-state index in [2.05, 4.69) is 6.58 Å². The average molecular weight is 138 g/mol. The first-order valence-corrected chi connectivity index (χ1v) is 3.33. The molecule has 0 saturated carbocycles. The molecule has 0 aliphatic heterocycles. The van der Waals surface area contributed by atoms with E-state index in [0.717, 1.165) is 17.6 Å². The summed E-state index contributed by atoms with van der Waals surface area (Å²) in [7, 11) is 0. The maximum absolute atomic E-state index is 12.8. The van der Waals surface area contributed by atoms with Crippen LogP contribution in [-0.4, -0.2) is 0 Å². The third-order valence-corrected chi connectivity index (χ3v) is 1.75. The Balaban J connectivity index is 3.03. The van der Waals surface area contributed by atoms with Crippen LogP contribution in [0.5, 0.6) is 0 Å². The van der Waals surface area contributed by atoms with Crippen molar-refractivity contribution >= 4 is 0 Å². The highest BCUT2D eigenvalue weighted by Crippen LogP contribution is 2.27. The molecule has 1 rings (SSSR count). The van der Waals surface area contributed by atoms with E-state index in [1.807, 2.05) is 6.92 Å². The molecule has 0 saturated heterocycles.